The first-order chi connectivity index (χ1) is 18.9. The van der Waals surface area contributed by atoms with E-state index < -0.39 is 35.1 Å². The van der Waals surface area contributed by atoms with Crippen molar-refractivity contribution >= 4 is 55.3 Å². The number of hydrogen-bond acceptors (Lipinski definition) is 3. The Balaban J connectivity index is 1.52. The summed E-state index contributed by atoms with van der Waals surface area (Å²) in [6.45, 7) is 6.20. The number of carbonyl (C=O) groups is 2. The van der Waals surface area contributed by atoms with Crippen molar-refractivity contribution in [3.8, 4) is 0 Å². The third-order valence-electron chi connectivity index (χ3n) is 7.21. The molecule has 0 spiro atoms. The van der Waals surface area contributed by atoms with Crippen LogP contribution in [0.15, 0.2) is 60.1 Å². The number of nitrogens with zero attached hydrogens (tertiary/aromatic N) is 1. The van der Waals surface area contributed by atoms with Gasteiger partial charge in [0.05, 0.1) is 17.7 Å². The molecule has 40 heavy (non-hydrogen) atoms. The van der Waals surface area contributed by atoms with E-state index in [0.717, 1.165) is 46.1 Å². The predicted octanol–water partition coefficient (Wildman–Crippen LogP) is 7.72. The number of fused-ring (bicyclic) bond motifs is 2. The monoisotopic (exact) mass is 562 g/mol. The van der Waals surface area contributed by atoms with Crippen molar-refractivity contribution in [2.75, 3.05) is 0 Å². The van der Waals surface area contributed by atoms with Crippen LogP contribution in [0.3, 0.4) is 0 Å². The van der Waals surface area contributed by atoms with Crippen LogP contribution >= 0.6 is 11.3 Å². The zero-order chi connectivity index (χ0) is 28.5. The molecule has 3 aromatic carbocycles. The van der Waals surface area contributed by atoms with Gasteiger partial charge in [-0.15, -0.1) is 11.3 Å². The molecule has 2 aromatic heterocycles. The summed E-state index contributed by atoms with van der Waals surface area (Å²) in [5.74, 6) is -5.55. The summed E-state index contributed by atoms with van der Waals surface area (Å²) in [5, 5.41) is 2.05. The fourth-order valence-electron chi connectivity index (χ4n) is 5.05. The molecule has 5 aromatic rings. The third-order valence-corrected chi connectivity index (χ3v) is 8.15. The quantitative estimate of drug-likeness (QED) is 0.180. The van der Waals surface area contributed by atoms with E-state index in [1.807, 2.05) is 24.3 Å². The number of thiophene rings is 1. The Bertz CT molecular complexity index is 1790. The van der Waals surface area contributed by atoms with Crippen LogP contribution in [0.4, 0.5) is 17.6 Å². The van der Waals surface area contributed by atoms with Gasteiger partial charge in [-0.05, 0) is 34.7 Å². The SMILES string of the molecule is CC(C)(C)c1ccc(CN2C(=O)C(c3c[nH]c4cc(F)c(F)cc34)=C(c3csc4cc(F)c(F)cc34)C2=O)cc1. The Labute approximate surface area is 230 Å². The summed E-state index contributed by atoms with van der Waals surface area (Å²) in [4.78, 5) is 31.8. The molecule has 1 aliphatic heterocycles. The minimum absolute atomic E-state index is 0.0146. The first-order valence-electron chi connectivity index (χ1n) is 12.5. The summed E-state index contributed by atoms with van der Waals surface area (Å²) in [5.41, 5.74) is 2.37. The highest BCUT2D eigenvalue weighted by molar-refractivity contribution is 7.17. The molecular weight excluding hydrogens is 540 g/mol. The summed E-state index contributed by atoms with van der Waals surface area (Å²) in [7, 11) is 0. The largest absolute Gasteiger partial charge is 0.360 e. The minimum atomic E-state index is -1.11. The number of aromatic nitrogens is 1. The molecule has 0 atom stereocenters. The second-order valence-electron chi connectivity index (χ2n) is 10.8. The Morgan fingerprint density at radius 2 is 1.35 bits per heavy atom. The van der Waals surface area contributed by atoms with Crippen LogP contribution in [-0.4, -0.2) is 21.7 Å². The number of benzene rings is 3. The van der Waals surface area contributed by atoms with Gasteiger partial charge in [-0.25, -0.2) is 17.6 Å². The van der Waals surface area contributed by atoms with E-state index in [1.165, 1.54) is 6.20 Å². The number of H-pyrrole nitrogens is 1. The second kappa shape index (κ2) is 9.16. The lowest BCUT2D eigenvalue weighted by atomic mass is 9.87. The molecule has 4 nitrogen and oxygen atoms in total. The molecule has 0 unspecified atom stereocenters. The summed E-state index contributed by atoms with van der Waals surface area (Å²) in [6, 6.07) is 11.6. The fourth-order valence-corrected chi connectivity index (χ4v) is 6.01. The van der Waals surface area contributed by atoms with Crippen molar-refractivity contribution < 1.29 is 27.2 Å². The number of carbonyl (C=O) groups excluding carboxylic acids is 2. The number of halogens is 4. The van der Waals surface area contributed by atoms with Gasteiger partial charge in [0.25, 0.3) is 11.8 Å². The first-order valence-corrected chi connectivity index (χ1v) is 13.3. The molecular formula is C31H22F4N2O2S. The smallest absolute Gasteiger partial charge is 0.262 e. The highest BCUT2D eigenvalue weighted by Crippen LogP contribution is 2.43. The second-order valence-corrected chi connectivity index (χ2v) is 11.7. The molecule has 202 valence electrons. The van der Waals surface area contributed by atoms with E-state index in [9.17, 15) is 27.2 Å². The number of nitrogens with one attached hydrogen (secondary N) is 1. The molecule has 6 rings (SSSR count). The lowest BCUT2D eigenvalue weighted by Crippen LogP contribution is -2.31. The van der Waals surface area contributed by atoms with Crippen LogP contribution in [-0.2, 0) is 21.5 Å². The summed E-state index contributed by atoms with van der Waals surface area (Å²) < 4.78 is 56.8. The van der Waals surface area contributed by atoms with E-state index >= 15 is 0 Å². The van der Waals surface area contributed by atoms with Crippen molar-refractivity contribution in [2.24, 2.45) is 0 Å². The van der Waals surface area contributed by atoms with Gasteiger partial charge in [-0.3, -0.25) is 14.5 Å². The third kappa shape index (κ3) is 4.12. The Kier molecular flexibility index (Phi) is 5.96. The topological polar surface area (TPSA) is 53.2 Å². The van der Waals surface area contributed by atoms with Crippen LogP contribution in [0.1, 0.15) is 43.0 Å². The van der Waals surface area contributed by atoms with Gasteiger partial charge < -0.3 is 4.98 Å². The zero-order valence-electron chi connectivity index (χ0n) is 21.7. The maximum absolute atomic E-state index is 14.3. The molecule has 0 radical (unpaired) electrons. The van der Waals surface area contributed by atoms with E-state index in [-0.39, 0.29) is 50.5 Å². The van der Waals surface area contributed by atoms with Crippen molar-refractivity contribution in [3.05, 3.63) is 106 Å². The molecule has 9 heteroatoms. The highest BCUT2D eigenvalue weighted by Gasteiger charge is 2.41. The van der Waals surface area contributed by atoms with E-state index in [4.69, 9.17) is 0 Å². The van der Waals surface area contributed by atoms with Crippen molar-refractivity contribution in [1.82, 2.24) is 9.88 Å². The van der Waals surface area contributed by atoms with Crippen LogP contribution in [0.5, 0.6) is 0 Å². The summed E-state index contributed by atoms with van der Waals surface area (Å²) in [6.07, 6.45) is 1.42. The van der Waals surface area contributed by atoms with Gasteiger partial charge in [-0.2, -0.15) is 0 Å². The van der Waals surface area contributed by atoms with Crippen LogP contribution in [0.25, 0.3) is 32.1 Å². The maximum atomic E-state index is 14.3. The number of amides is 2. The average Bonchev–Trinajstić information content (AvgIpc) is 3.54. The van der Waals surface area contributed by atoms with Gasteiger partial charge >= 0.3 is 0 Å². The number of hydrogen-bond donors (Lipinski definition) is 1. The molecule has 0 saturated heterocycles. The van der Waals surface area contributed by atoms with Crippen molar-refractivity contribution in [1.29, 1.82) is 0 Å². The minimum Gasteiger partial charge on any atom is -0.360 e. The standard InChI is InChI=1S/C31H22F4N2O2S/c1-31(2,3)16-6-4-15(5-7-16)13-37-29(38)27(19-12-36-25-10-23(34)21(32)8-17(19)25)28(30(37)39)20-14-40-26-11-24(35)22(33)9-18(20)26/h4-12,14,36H,13H2,1-3H3. The molecule has 2 amide bonds. The molecule has 0 bridgehead atoms. The van der Waals surface area contributed by atoms with Crippen LogP contribution in [0.2, 0.25) is 0 Å². The number of imide groups is 1. The summed E-state index contributed by atoms with van der Waals surface area (Å²) >= 11 is 1.10. The lowest BCUT2D eigenvalue weighted by Gasteiger charge is -2.20. The van der Waals surface area contributed by atoms with Crippen molar-refractivity contribution in [3.63, 3.8) is 0 Å². The van der Waals surface area contributed by atoms with Gasteiger partial charge in [0.15, 0.2) is 23.3 Å². The molecule has 0 saturated carbocycles. The highest BCUT2D eigenvalue weighted by atomic mass is 32.1. The first kappa shape index (κ1) is 26.0. The van der Waals surface area contributed by atoms with Crippen LogP contribution < -0.4 is 0 Å². The van der Waals surface area contributed by atoms with E-state index in [2.05, 4.69) is 25.8 Å². The maximum Gasteiger partial charge on any atom is 0.262 e. The van der Waals surface area contributed by atoms with E-state index in [1.54, 1.807) is 5.38 Å². The zero-order valence-corrected chi connectivity index (χ0v) is 22.5. The molecule has 1 N–H and O–H groups in total. The van der Waals surface area contributed by atoms with Gasteiger partial charge in [-0.1, -0.05) is 45.0 Å². The van der Waals surface area contributed by atoms with Gasteiger partial charge in [0, 0.05) is 49.8 Å². The number of rotatable bonds is 4. The molecule has 0 fully saturated rings. The van der Waals surface area contributed by atoms with Crippen molar-refractivity contribution in [2.45, 2.75) is 32.7 Å². The Morgan fingerprint density at radius 3 is 2.00 bits per heavy atom. The van der Waals surface area contributed by atoms with Crippen LogP contribution in [0, 0.1) is 23.3 Å². The average molecular weight is 563 g/mol. The van der Waals surface area contributed by atoms with Gasteiger partial charge in [0.1, 0.15) is 0 Å². The molecule has 0 aliphatic carbocycles. The van der Waals surface area contributed by atoms with E-state index in [0.29, 0.717) is 10.3 Å². The lowest BCUT2D eigenvalue weighted by molar-refractivity contribution is -0.136. The molecule has 3 heterocycles. The van der Waals surface area contributed by atoms with Gasteiger partial charge in [0.2, 0.25) is 0 Å². The fraction of sp³-hybridized carbons (Fsp3) is 0.161. The Morgan fingerprint density at radius 1 is 0.775 bits per heavy atom. The molecule has 1 aliphatic rings. The predicted molar refractivity (Wildman–Crippen MR) is 147 cm³/mol. The number of aromatic amines is 1. The Hall–Kier alpha value is -4.24. The normalized spacial score (nSPS) is 14.4.